The molecular formula is C7H8FNO3S2. The second-order valence-electron chi connectivity index (χ2n) is 2.54. The van der Waals surface area contributed by atoms with Crippen LogP contribution in [0.4, 0.5) is 9.57 Å². The third-order valence-corrected chi connectivity index (χ3v) is 2.12. The fourth-order valence-electron chi connectivity index (χ4n) is 0.940. The van der Waals surface area contributed by atoms with Crippen LogP contribution in [0.3, 0.4) is 0 Å². The summed E-state index contributed by atoms with van der Waals surface area (Å²) in [7, 11) is -5.00. The zero-order valence-electron chi connectivity index (χ0n) is 6.97. The van der Waals surface area contributed by atoms with Gasteiger partial charge < -0.3 is 9.92 Å². The van der Waals surface area contributed by atoms with Crippen molar-refractivity contribution in [3.8, 4) is 5.75 Å². The fourth-order valence-corrected chi connectivity index (χ4v) is 1.45. The van der Waals surface area contributed by atoms with E-state index >= 15 is 0 Å². The predicted octanol–water partition coefficient (Wildman–Crippen LogP) is 1.29. The van der Waals surface area contributed by atoms with Gasteiger partial charge in [0.2, 0.25) is 0 Å². The summed E-state index contributed by atoms with van der Waals surface area (Å²) in [6, 6.07) is 4.15. The Labute approximate surface area is 86.7 Å². The van der Waals surface area contributed by atoms with Crippen LogP contribution >= 0.6 is 12.6 Å². The summed E-state index contributed by atoms with van der Waals surface area (Å²) in [6.07, 6.45) is 0. The van der Waals surface area contributed by atoms with Crippen LogP contribution in [0.1, 0.15) is 5.56 Å². The van der Waals surface area contributed by atoms with Gasteiger partial charge in [0, 0.05) is 17.5 Å². The molecule has 0 fully saturated rings. The average Bonchev–Trinajstić information content (AvgIpc) is 1.99. The molecule has 0 aliphatic rings. The molecule has 1 rings (SSSR count). The number of nitrogens with two attached hydrogens (primary N) is 1. The zero-order chi connectivity index (χ0) is 10.8. The SMILES string of the molecule is Nc1cc(CS)cc(OS(=O)(=O)F)c1. The van der Waals surface area contributed by atoms with Gasteiger partial charge >= 0.3 is 10.5 Å². The van der Waals surface area contributed by atoms with Crippen LogP contribution < -0.4 is 9.92 Å². The fraction of sp³-hybridized carbons (Fsp3) is 0.143. The van der Waals surface area contributed by atoms with Crippen molar-refractivity contribution < 1.29 is 16.5 Å². The molecule has 0 aliphatic carbocycles. The molecule has 0 spiro atoms. The molecule has 78 valence electrons. The Bertz CT molecular complexity index is 433. The lowest BCUT2D eigenvalue weighted by molar-refractivity contribution is 0.440. The van der Waals surface area contributed by atoms with Crippen molar-refractivity contribution in [3.05, 3.63) is 23.8 Å². The van der Waals surface area contributed by atoms with Crippen molar-refractivity contribution in [2.75, 3.05) is 5.73 Å². The Morgan fingerprint density at radius 1 is 1.43 bits per heavy atom. The Morgan fingerprint density at radius 3 is 2.57 bits per heavy atom. The Morgan fingerprint density at radius 2 is 2.07 bits per heavy atom. The molecule has 7 heteroatoms. The molecule has 0 heterocycles. The third-order valence-electron chi connectivity index (χ3n) is 1.37. The van der Waals surface area contributed by atoms with Crippen LogP contribution in [-0.4, -0.2) is 8.42 Å². The third kappa shape index (κ3) is 3.43. The number of thiol groups is 1. The second-order valence-corrected chi connectivity index (χ2v) is 3.81. The van der Waals surface area contributed by atoms with E-state index in [0.29, 0.717) is 11.3 Å². The van der Waals surface area contributed by atoms with Crippen molar-refractivity contribution in [1.82, 2.24) is 0 Å². The lowest BCUT2D eigenvalue weighted by Crippen LogP contribution is -2.02. The number of rotatable bonds is 3. The van der Waals surface area contributed by atoms with Crippen LogP contribution in [0, 0.1) is 0 Å². The van der Waals surface area contributed by atoms with Crippen LogP contribution in [0.25, 0.3) is 0 Å². The Hall–Kier alpha value is -0.950. The highest BCUT2D eigenvalue weighted by atomic mass is 32.3. The summed E-state index contributed by atoms with van der Waals surface area (Å²) in [4.78, 5) is 0. The molecule has 0 bridgehead atoms. The molecule has 0 radical (unpaired) electrons. The van der Waals surface area contributed by atoms with Gasteiger partial charge in [0.15, 0.2) is 0 Å². The Balaban J connectivity index is 3.04. The second kappa shape index (κ2) is 4.05. The monoisotopic (exact) mass is 237 g/mol. The maximum atomic E-state index is 12.1. The van der Waals surface area contributed by atoms with Gasteiger partial charge in [-0.2, -0.15) is 21.0 Å². The first kappa shape index (κ1) is 11.1. The van der Waals surface area contributed by atoms with E-state index in [-0.39, 0.29) is 11.4 Å². The molecule has 1 aromatic rings. The quantitative estimate of drug-likeness (QED) is 0.472. The molecule has 1 aromatic carbocycles. The smallest absolute Gasteiger partial charge is 0.399 e. The minimum atomic E-state index is -5.00. The summed E-state index contributed by atoms with van der Waals surface area (Å²) in [5.41, 5.74) is 6.36. The number of hydrogen-bond acceptors (Lipinski definition) is 5. The first-order chi connectivity index (χ1) is 6.40. The highest BCUT2D eigenvalue weighted by molar-refractivity contribution is 7.81. The van der Waals surface area contributed by atoms with Gasteiger partial charge in [-0.3, -0.25) is 0 Å². The van der Waals surface area contributed by atoms with Gasteiger partial charge in [-0.05, 0) is 17.7 Å². The van der Waals surface area contributed by atoms with Crippen molar-refractivity contribution in [2.45, 2.75) is 5.75 Å². The van der Waals surface area contributed by atoms with E-state index in [9.17, 15) is 12.3 Å². The van der Waals surface area contributed by atoms with E-state index in [1.54, 1.807) is 6.07 Å². The lowest BCUT2D eigenvalue weighted by atomic mass is 10.2. The number of nitrogen functional groups attached to an aromatic ring is 1. The molecule has 0 amide bonds. The van der Waals surface area contributed by atoms with Crippen LogP contribution in [-0.2, 0) is 16.3 Å². The maximum absolute atomic E-state index is 12.1. The molecule has 2 N–H and O–H groups in total. The molecule has 0 unspecified atom stereocenters. The molecule has 0 saturated heterocycles. The first-order valence-electron chi connectivity index (χ1n) is 3.55. The van der Waals surface area contributed by atoms with Gasteiger partial charge in [0.1, 0.15) is 5.75 Å². The summed E-state index contributed by atoms with van der Waals surface area (Å²) in [6.45, 7) is 0. The zero-order valence-corrected chi connectivity index (χ0v) is 8.69. The first-order valence-corrected chi connectivity index (χ1v) is 5.49. The standard InChI is InChI=1S/C7H8FNO3S2/c8-14(10,11)12-7-2-5(4-13)1-6(9)3-7/h1-3,13H,4,9H2. The average molecular weight is 237 g/mol. The highest BCUT2D eigenvalue weighted by Gasteiger charge is 2.10. The van der Waals surface area contributed by atoms with Crippen LogP contribution in [0.15, 0.2) is 18.2 Å². The van der Waals surface area contributed by atoms with E-state index in [4.69, 9.17) is 5.73 Å². The predicted molar refractivity (Wildman–Crippen MR) is 54.2 cm³/mol. The molecular weight excluding hydrogens is 229 g/mol. The Kier molecular flexibility index (Phi) is 3.22. The van der Waals surface area contributed by atoms with E-state index in [0.717, 1.165) is 0 Å². The van der Waals surface area contributed by atoms with Gasteiger partial charge in [0.05, 0.1) is 0 Å². The van der Waals surface area contributed by atoms with Crippen molar-refractivity contribution in [1.29, 1.82) is 0 Å². The van der Waals surface area contributed by atoms with Gasteiger partial charge in [-0.15, -0.1) is 0 Å². The van der Waals surface area contributed by atoms with Crippen molar-refractivity contribution >= 4 is 28.8 Å². The normalized spacial score (nSPS) is 11.3. The molecule has 0 aliphatic heterocycles. The highest BCUT2D eigenvalue weighted by Crippen LogP contribution is 2.21. The number of benzene rings is 1. The topological polar surface area (TPSA) is 69.4 Å². The summed E-state index contributed by atoms with van der Waals surface area (Å²) >= 11 is 3.96. The van der Waals surface area contributed by atoms with Gasteiger partial charge in [0.25, 0.3) is 0 Å². The number of halogens is 1. The molecule has 14 heavy (non-hydrogen) atoms. The lowest BCUT2D eigenvalue weighted by Gasteiger charge is -2.03. The molecule has 0 saturated carbocycles. The minimum absolute atomic E-state index is 0.156. The number of hydrogen-bond donors (Lipinski definition) is 2. The van der Waals surface area contributed by atoms with Crippen molar-refractivity contribution in [3.63, 3.8) is 0 Å². The summed E-state index contributed by atoms with van der Waals surface area (Å²) in [5.74, 6) is 0.199. The van der Waals surface area contributed by atoms with Crippen LogP contribution in [0.5, 0.6) is 5.75 Å². The molecule has 4 nitrogen and oxygen atoms in total. The largest absolute Gasteiger partial charge is 0.488 e. The van der Waals surface area contributed by atoms with Gasteiger partial charge in [-0.1, -0.05) is 3.89 Å². The van der Waals surface area contributed by atoms with E-state index < -0.39 is 10.5 Å². The van der Waals surface area contributed by atoms with E-state index in [2.05, 4.69) is 16.8 Å². The summed E-state index contributed by atoms with van der Waals surface area (Å²) in [5, 5.41) is 0. The van der Waals surface area contributed by atoms with E-state index in [1.807, 2.05) is 0 Å². The maximum Gasteiger partial charge on any atom is 0.488 e. The van der Waals surface area contributed by atoms with Gasteiger partial charge in [-0.25, -0.2) is 0 Å². The molecule has 0 atom stereocenters. The summed E-state index contributed by atoms with van der Waals surface area (Å²) < 4.78 is 36.5. The number of anilines is 1. The minimum Gasteiger partial charge on any atom is -0.399 e. The molecule has 0 aromatic heterocycles. The van der Waals surface area contributed by atoms with E-state index in [1.165, 1.54) is 12.1 Å². The van der Waals surface area contributed by atoms with Crippen LogP contribution in [0.2, 0.25) is 0 Å². The van der Waals surface area contributed by atoms with Crippen molar-refractivity contribution in [2.24, 2.45) is 0 Å².